The monoisotopic (exact) mass is 531 g/mol. The molecule has 0 bridgehead atoms. The van der Waals surface area contributed by atoms with Gasteiger partial charge < -0.3 is 25.4 Å². The van der Waals surface area contributed by atoms with E-state index in [1.165, 1.54) is 0 Å². The Hall–Kier alpha value is -4.06. The maximum absolute atomic E-state index is 12.8. The summed E-state index contributed by atoms with van der Waals surface area (Å²) in [5, 5.41) is 15.6. The number of amides is 2. The number of hydrogen-bond acceptors (Lipinski definition) is 9. The van der Waals surface area contributed by atoms with Gasteiger partial charge in [0.05, 0.1) is 43.5 Å². The molecule has 1 aromatic heterocycles. The summed E-state index contributed by atoms with van der Waals surface area (Å²) in [6.07, 6.45) is 7.40. The fourth-order valence-electron chi connectivity index (χ4n) is 4.50. The highest BCUT2D eigenvalue weighted by Crippen LogP contribution is 2.25. The number of anilines is 2. The number of rotatable bonds is 8. The number of morpholine rings is 1. The number of nitrogens with one attached hydrogen (secondary N) is 2. The fraction of sp³-hybridized carbons (Fsp3) is 0.357. The Morgan fingerprint density at radius 2 is 2.00 bits per heavy atom. The minimum atomic E-state index is -0.676. The first kappa shape index (κ1) is 26.5. The number of aliphatic imine (C=N–C) groups is 1. The Morgan fingerprint density at radius 1 is 1.18 bits per heavy atom. The number of fused-ring (bicyclic) bond motifs is 1. The number of aromatic nitrogens is 1. The van der Waals surface area contributed by atoms with Crippen LogP contribution in [0.1, 0.15) is 29.8 Å². The SMILES string of the molecule is CC(C)(CO)NC(=O)Cc1cccc(N2C=C(Nc3ccc(C(=O)N4CCOCC4)cn3)C3=NC=C[N+]3C2)c1. The van der Waals surface area contributed by atoms with Crippen LogP contribution in [-0.4, -0.2) is 77.8 Å². The molecule has 203 valence electrons. The molecule has 0 spiro atoms. The molecule has 0 atom stereocenters. The van der Waals surface area contributed by atoms with Crippen molar-refractivity contribution in [2.75, 3.05) is 49.8 Å². The smallest absolute Gasteiger partial charge is 0.308 e. The Labute approximate surface area is 227 Å². The average Bonchev–Trinajstić information content (AvgIpc) is 3.43. The van der Waals surface area contributed by atoms with Crippen LogP contribution >= 0.6 is 0 Å². The van der Waals surface area contributed by atoms with Crippen molar-refractivity contribution in [1.82, 2.24) is 20.1 Å². The lowest BCUT2D eigenvalue weighted by atomic mass is 10.1. The molecule has 3 N–H and O–H groups in total. The topological polar surface area (TPSA) is 125 Å². The number of hydrogen-bond donors (Lipinski definition) is 3. The van der Waals surface area contributed by atoms with Gasteiger partial charge in [0, 0.05) is 31.2 Å². The van der Waals surface area contributed by atoms with Gasteiger partial charge in [-0.15, -0.1) is 0 Å². The summed E-state index contributed by atoms with van der Waals surface area (Å²) in [4.78, 5) is 40.1. The van der Waals surface area contributed by atoms with Crippen molar-refractivity contribution in [2.45, 2.75) is 25.8 Å². The number of aliphatic hydroxyl groups is 1. The Kier molecular flexibility index (Phi) is 7.73. The maximum Gasteiger partial charge on any atom is 0.308 e. The van der Waals surface area contributed by atoms with Crippen LogP contribution in [0.4, 0.5) is 11.5 Å². The third-order valence-corrected chi connectivity index (χ3v) is 6.60. The van der Waals surface area contributed by atoms with Gasteiger partial charge in [0.2, 0.25) is 12.6 Å². The number of carbonyl (C=O) groups excluding carboxylic acids is 2. The number of amidine groups is 1. The third-order valence-electron chi connectivity index (χ3n) is 6.60. The number of pyridine rings is 1. The number of benzene rings is 1. The standard InChI is InChI=1S/C28H33N7O4/c1-28(2,18-36)32-25(37)15-20-4-3-5-22(14-20)35-17-23(26-29-8-9-34(26)19-35)31-24-7-6-21(16-30-24)27(38)33-10-12-39-13-11-33/h3-9,14,16-17,36H,10-13,15,18-19H2,1-2H3,(H,30,31)(H,32,37)/q+1. The van der Waals surface area contributed by atoms with Crippen LogP contribution in [0.5, 0.6) is 0 Å². The van der Waals surface area contributed by atoms with E-state index < -0.39 is 5.54 Å². The minimum absolute atomic E-state index is 0.0514. The molecule has 0 aliphatic carbocycles. The summed E-state index contributed by atoms with van der Waals surface area (Å²) < 4.78 is 5.33. The molecule has 2 aromatic rings. The van der Waals surface area contributed by atoms with Crippen LogP contribution in [0, 0.1) is 0 Å². The zero-order valence-electron chi connectivity index (χ0n) is 22.1. The molecule has 1 fully saturated rings. The van der Waals surface area contributed by atoms with Crippen molar-refractivity contribution >= 4 is 29.2 Å². The van der Waals surface area contributed by atoms with E-state index in [0.717, 1.165) is 22.8 Å². The van der Waals surface area contributed by atoms with Gasteiger partial charge in [-0.25, -0.2) is 4.98 Å². The van der Waals surface area contributed by atoms with Gasteiger partial charge >= 0.3 is 5.84 Å². The van der Waals surface area contributed by atoms with Crippen molar-refractivity contribution in [2.24, 2.45) is 4.99 Å². The lowest BCUT2D eigenvalue weighted by molar-refractivity contribution is -0.122. The van der Waals surface area contributed by atoms with Crippen molar-refractivity contribution in [3.63, 3.8) is 0 Å². The van der Waals surface area contributed by atoms with Crippen LogP contribution in [0.25, 0.3) is 0 Å². The second-order valence-corrected chi connectivity index (χ2v) is 10.3. The number of nitrogens with zero attached hydrogens (tertiary/aromatic N) is 5. The second kappa shape index (κ2) is 11.4. The van der Waals surface area contributed by atoms with Crippen LogP contribution in [0.15, 0.2) is 71.9 Å². The van der Waals surface area contributed by atoms with Crippen molar-refractivity contribution in [1.29, 1.82) is 0 Å². The van der Waals surface area contributed by atoms with Crippen LogP contribution in [0.3, 0.4) is 0 Å². The number of ether oxygens (including phenoxy) is 1. The fourth-order valence-corrected chi connectivity index (χ4v) is 4.50. The molecule has 5 rings (SSSR count). The van der Waals surface area contributed by atoms with Crippen molar-refractivity contribution < 1.29 is 19.4 Å². The molecule has 2 amide bonds. The van der Waals surface area contributed by atoms with Crippen molar-refractivity contribution in [3.05, 3.63) is 78.0 Å². The van der Waals surface area contributed by atoms with E-state index in [2.05, 4.69) is 25.5 Å². The van der Waals surface area contributed by atoms with Crippen molar-refractivity contribution in [3.8, 4) is 0 Å². The van der Waals surface area contributed by atoms with Gasteiger partial charge in [0.25, 0.3) is 5.91 Å². The van der Waals surface area contributed by atoms with E-state index in [9.17, 15) is 14.7 Å². The van der Waals surface area contributed by atoms with Gasteiger partial charge in [0.15, 0.2) is 6.20 Å². The summed E-state index contributed by atoms with van der Waals surface area (Å²) in [6, 6.07) is 11.4. The molecule has 4 heterocycles. The highest BCUT2D eigenvalue weighted by Gasteiger charge is 2.36. The molecule has 11 nitrogen and oxygen atoms in total. The first-order valence-corrected chi connectivity index (χ1v) is 12.9. The van der Waals surface area contributed by atoms with Gasteiger partial charge in [-0.3, -0.25) is 14.5 Å². The lowest BCUT2D eigenvalue weighted by Gasteiger charge is -2.27. The average molecular weight is 532 g/mol. The summed E-state index contributed by atoms with van der Waals surface area (Å²) in [5.74, 6) is 1.15. The van der Waals surface area contributed by atoms with E-state index in [4.69, 9.17) is 4.74 Å². The van der Waals surface area contributed by atoms with Gasteiger partial charge in [-0.2, -0.15) is 4.99 Å². The molecule has 1 radical (unpaired) electrons. The highest BCUT2D eigenvalue weighted by molar-refractivity contribution is 6.06. The van der Waals surface area contributed by atoms with Crippen LogP contribution < -0.4 is 20.4 Å². The molecule has 1 saturated heterocycles. The zero-order valence-corrected chi connectivity index (χ0v) is 22.1. The maximum atomic E-state index is 12.8. The molecule has 0 unspecified atom stereocenters. The molecular formula is C28H33N7O4+. The predicted molar refractivity (Wildman–Crippen MR) is 148 cm³/mol. The van der Waals surface area contributed by atoms with Gasteiger partial charge in [-0.05, 0) is 43.7 Å². The van der Waals surface area contributed by atoms with Gasteiger partial charge in [-0.1, -0.05) is 17.0 Å². The first-order valence-electron chi connectivity index (χ1n) is 12.9. The normalized spacial score (nSPS) is 17.4. The molecule has 1 aromatic carbocycles. The minimum Gasteiger partial charge on any atom is -0.394 e. The predicted octanol–water partition coefficient (Wildman–Crippen LogP) is 1.74. The van der Waals surface area contributed by atoms with Gasteiger partial charge in [0.1, 0.15) is 11.5 Å². The summed E-state index contributed by atoms with van der Waals surface area (Å²) in [6.45, 7) is 6.23. The van der Waals surface area contributed by atoms with E-state index in [-0.39, 0.29) is 24.8 Å². The van der Waals surface area contributed by atoms with E-state index >= 15 is 0 Å². The molecular weight excluding hydrogens is 498 g/mol. The molecule has 39 heavy (non-hydrogen) atoms. The number of aliphatic hydroxyl groups excluding tert-OH is 1. The second-order valence-electron chi connectivity index (χ2n) is 10.3. The largest absolute Gasteiger partial charge is 0.394 e. The first-order chi connectivity index (χ1) is 18.8. The zero-order chi connectivity index (χ0) is 27.4. The van der Waals surface area contributed by atoms with Crippen LogP contribution in [0.2, 0.25) is 0 Å². The number of carbonyl (C=O) groups is 2. The summed E-state index contributed by atoms with van der Waals surface area (Å²) in [5.41, 5.74) is 2.38. The Balaban J connectivity index is 1.31. The highest BCUT2D eigenvalue weighted by atomic mass is 16.5. The molecule has 11 heteroatoms. The third kappa shape index (κ3) is 6.33. The quantitative estimate of drug-likeness (QED) is 0.443. The molecule has 0 saturated carbocycles. The molecule has 3 aliphatic rings. The summed E-state index contributed by atoms with van der Waals surface area (Å²) >= 11 is 0. The van der Waals surface area contributed by atoms with E-state index in [1.807, 2.05) is 41.6 Å². The Morgan fingerprint density at radius 3 is 2.74 bits per heavy atom. The lowest BCUT2D eigenvalue weighted by Crippen LogP contribution is -2.47. The molecule has 3 aliphatic heterocycles. The van der Waals surface area contributed by atoms with Crippen LogP contribution in [-0.2, 0) is 16.0 Å². The Bertz CT molecular complexity index is 1310. The summed E-state index contributed by atoms with van der Waals surface area (Å²) in [7, 11) is 0. The van der Waals surface area contributed by atoms with E-state index in [1.54, 1.807) is 43.3 Å². The van der Waals surface area contributed by atoms with E-state index in [0.29, 0.717) is 44.4 Å².